The van der Waals surface area contributed by atoms with E-state index in [1.165, 1.54) is 0 Å². The summed E-state index contributed by atoms with van der Waals surface area (Å²) in [7, 11) is 0. The normalized spacial score (nSPS) is 10.1. The van der Waals surface area contributed by atoms with Gasteiger partial charge in [0.15, 0.2) is 5.13 Å². The van der Waals surface area contributed by atoms with E-state index in [0.717, 1.165) is 14.6 Å². The van der Waals surface area contributed by atoms with Crippen LogP contribution < -0.4 is 5.32 Å². The Morgan fingerprint density at radius 2 is 2.43 bits per heavy atom. The summed E-state index contributed by atoms with van der Waals surface area (Å²) in [4.78, 5) is 4.14. The summed E-state index contributed by atoms with van der Waals surface area (Å²) in [5, 5.41) is 11.8. The predicted octanol–water partition coefficient (Wildman–Crippen LogP) is 2.31. The van der Waals surface area contributed by atoms with Crippen molar-refractivity contribution in [2.45, 2.75) is 6.54 Å². The second-order valence-electron chi connectivity index (χ2n) is 2.54. The molecule has 0 amide bonds. The van der Waals surface area contributed by atoms with Gasteiger partial charge in [-0.05, 0) is 28.1 Å². The minimum Gasteiger partial charge on any atom is -0.356 e. The van der Waals surface area contributed by atoms with E-state index in [2.05, 4.69) is 36.4 Å². The molecular weight excluding hydrogens is 264 g/mol. The second-order valence-corrected chi connectivity index (χ2v) is 4.95. The third-order valence-corrected chi connectivity index (χ3v) is 2.96. The Morgan fingerprint density at radius 1 is 1.50 bits per heavy atom. The van der Waals surface area contributed by atoms with E-state index in [1.807, 2.05) is 12.1 Å². The van der Waals surface area contributed by atoms with E-state index in [-0.39, 0.29) is 0 Å². The molecule has 0 aliphatic rings. The second kappa shape index (κ2) is 4.47. The van der Waals surface area contributed by atoms with Gasteiger partial charge in [0.1, 0.15) is 0 Å². The Hall–Kier alpha value is -1.01. The molecule has 0 aliphatic heterocycles. The molecule has 1 N–H and O–H groups in total. The third-order valence-electron chi connectivity index (χ3n) is 1.53. The first kappa shape index (κ1) is 9.54. The highest BCUT2D eigenvalue weighted by Crippen LogP contribution is 2.23. The van der Waals surface area contributed by atoms with Crippen molar-refractivity contribution in [1.29, 1.82) is 0 Å². The van der Waals surface area contributed by atoms with E-state index < -0.39 is 0 Å². The van der Waals surface area contributed by atoms with Crippen LogP contribution in [-0.2, 0) is 6.54 Å². The lowest BCUT2D eigenvalue weighted by molar-refractivity contribution is 0.923. The molecule has 2 heterocycles. The molecule has 0 saturated heterocycles. The number of hydrogen-bond acceptors (Lipinski definition) is 5. The Labute approximate surface area is 93.5 Å². The molecule has 6 heteroatoms. The van der Waals surface area contributed by atoms with Gasteiger partial charge in [-0.2, -0.15) is 10.2 Å². The monoisotopic (exact) mass is 270 g/mol. The van der Waals surface area contributed by atoms with Crippen LogP contribution in [-0.4, -0.2) is 15.2 Å². The smallest absolute Gasteiger partial charge is 0.184 e. The summed E-state index contributed by atoms with van der Waals surface area (Å²) in [6.45, 7) is 0.647. The van der Waals surface area contributed by atoms with Crippen molar-refractivity contribution in [2.24, 2.45) is 0 Å². The zero-order chi connectivity index (χ0) is 9.80. The van der Waals surface area contributed by atoms with Crippen molar-refractivity contribution >= 4 is 32.4 Å². The fraction of sp³-hybridized carbons (Fsp3) is 0.125. The SMILES string of the molecule is Brc1cnc(NCc2cccnn2)s1. The van der Waals surface area contributed by atoms with Crippen molar-refractivity contribution in [3.63, 3.8) is 0 Å². The van der Waals surface area contributed by atoms with Crippen molar-refractivity contribution in [1.82, 2.24) is 15.2 Å². The maximum absolute atomic E-state index is 4.14. The van der Waals surface area contributed by atoms with Crippen LogP contribution in [0.1, 0.15) is 5.69 Å². The van der Waals surface area contributed by atoms with Crippen molar-refractivity contribution in [2.75, 3.05) is 5.32 Å². The van der Waals surface area contributed by atoms with E-state index in [0.29, 0.717) is 6.54 Å². The molecule has 4 nitrogen and oxygen atoms in total. The molecule has 0 aliphatic carbocycles. The fourth-order valence-electron chi connectivity index (χ4n) is 0.930. The highest BCUT2D eigenvalue weighted by Gasteiger charge is 1.99. The molecule has 14 heavy (non-hydrogen) atoms. The van der Waals surface area contributed by atoms with Gasteiger partial charge in [-0.15, -0.1) is 0 Å². The number of rotatable bonds is 3. The van der Waals surface area contributed by atoms with Crippen LogP contribution in [0.5, 0.6) is 0 Å². The molecule has 0 saturated carbocycles. The van der Waals surface area contributed by atoms with Crippen LogP contribution in [0.3, 0.4) is 0 Å². The number of thiazole rings is 1. The Kier molecular flexibility index (Phi) is 3.05. The van der Waals surface area contributed by atoms with Crippen molar-refractivity contribution in [3.05, 3.63) is 34.0 Å². The standard InChI is InChI=1S/C8H7BrN4S/c9-7-5-11-8(14-7)10-4-6-2-1-3-12-13-6/h1-3,5H,4H2,(H,10,11). The maximum Gasteiger partial charge on any atom is 0.184 e. The number of hydrogen-bond donors (Lipinski definition) is 1. The zero-order valence-electron chi connectivity index (χ0n) is 7.14. The minimum absolute atomic E-state index is 0.647. The molecule has 0 radical (unpaired) electrons. The van der Waals surface area contributed by atoms with Crippen LogP contribution in [0.25, 0.3) is 0 Å². The summed E-state index contributed by atoms with van der Waals surface area (Å²) >= 11 is 4.90. The molecule has 2 aromatic rings. The van der Waals surface area contributed by atoms with E-state index >= 15 is 0 Å². The van der Waals surface area contributed by atoms with Crippen LogP contribution in [0.15, 0.2) is 28.3 Å². The third kappa shape index (κ3) is 2.49. The van der Waals surface area contributed by atoms with E-state index in [1.54, 1.807) is 23.7 Å². The molecule has 72 valence electrons. The molecule has 0 aromatic carbocycles. The number of nitrogens with one attached hydrogen (secondary N) is 1. The topological polar surface area (TPSA) is 50.7 Å². The first-order valence-electron chi connectivity index (χ1n) is 3.96. The molecule has 0 fully saturated rings. The van der Waals surface area contributed by atoms with Gasteiger partial charge in [0.2, 0.25) is 0 Å². The molecule has 0 atom stereocenters. The van der Waals surface area contributed by atoms with Gasteiger partial charge < -0.3 is 5.32 Å². The number of aromatic nitrogens is 3. The van der Waals surface area contributed by atoms with Gasteiger partial charge in [0, 0.05) is 6.20 Å². The van der Waals surface area contributed by atoms with E-state index in [9.17, 15) is 0 Å². The molecular formula is C8H7BrN4S. The Bertz CT molecular complexity index is 403. The van der Waals surface area contributed by atoms with Crippen LogP contribution in [0.2, 0.25) is 0 Å². The minimum atomic E-state index is 0.647. The van der Waals surface area contributed by atoms with E-state index in [4.69, 9.17) is 0 Å². The summed E-state index contributed by atoms with van der Waals surface area (Å²) in [5.41, 5.74) is 0.902. The first-order valence-corrected chi connectivity index (χ1v) is 5.57. The largest absolute Gasteiger partial charge is 0.356 e. The van der Waals surface area contributed by atoms with Crippen LogP contribution >= 0.6 is 27.3 Å². The maximum atomic E-state index is 4.14. The van der Waals surface area contributed by atoms with Gasteiger partial charge in [-0.1, -0.05) is 11.3 Å². The fourth-order valence-corrected chi connectivity index (χ4v) is 2.03. The lowest BCUT2D eigenvalue weighted by atomic mass is 10.4. The lowest BCUT2D eigenvalue weighted by Gasteiger charge is -1.99. The van der Waals surface area contributed by atoms with Gasteiger partial charge in [0.25, 0.3) is 0 Å². The summed E-state index contributed by atoms with van der Waals surface area (Å²) in [5.74, 6) is 0. The molecule has 0 unspecified atom stereocenters. The average molecular weight is 271 g/mol. The highest BCUT2D eigenvalue weighted by molar-refractivity contribution is 9.11. The highest BCUT2D eigenvalue weighted by atomic mass is 79.9. The molecule has 2 aromatic heterocycles. The van der Waals surface area contributed by atoms with Crippen LogP contribution in [0, 0.1) is 0 Å². The Morgan fingerprint density at radius 3 is 3.07 bits per heavy atom. The summed E-state index contributed by atoms with van der Waals surface area (Å²) in [6.07, 6.45) is 3.42. The van der Waals surface area contributed by atoms with Crippen molar-refractivity contribution in [3.8, 4) is 0 Å². The molecule has 2 rings (SSSR count). The lowest BCUT2D eigenvalue weighted by Crippen LogP contribution is -2.01. The van der Waals surface area contributed by atoms with Crippen LogP contribution in [0.4, 0.5) is 5.13 Å². The predicted molar refractivity (Wildman–Crippen MR) is 59.2 cm³/mol. The summed E-state index contributed by atoms with van der Waals surface area (Å²) < 4.78 is 1.01. The first-order chi connectivity index (χ1) is 6.84. The quantitative estimate of drug-likeness (QED) is 0.930. The molecule has 0 bridgehead atoms. The zero-order valence-corrected chi connectivity index (χ0v) is 9.55. The number of halogens is 1. The van der Waals surface area contributed by atoms with Gasteiger partial charge in [0.05, 0.1) is 22.2 Å². The number of anilines is 1. The molecule has 0 spiro atoms. The Balaban J connectivity index is 1.95. The average Bonchev–Trinajstić information content (AvgIpc) is 2.63. The van der Waals surface area contributed by atoms with Gasteiger partial charge in [-0.3, -0.25) is 0 Å². The van der Waals surface area contributed by atoms with Crippen molar-refractivity contribution < 1.29 is 0 Å². The van der Waals surface area contributed by atoms with Gasteiger partial charge >= 0.3 is 0 Å². The van der Waals surface area contributed by atoms with Gasteiger partial charge in [-0.25, -0.2) is 4.98 Å². The summed E-state index contributed by atoms with van der Waals surface area (Å²) in [6, 6.07) is 3.78. The number of nitrogens with zero attached hydrogens (tertiary/aromatic N) is 3.